The largest absolute Gasteiger partial charge is 0.396 e. The molecule has 1 rings (SSSR count). The number of nitrogens with two attached hydrogens (primary N) is 1. The minimum Gasteiger partial charge on any atom is -0.396 e. The molecule has 0 aliphatic heterocycles. The van der Waals surface area contributed by atoms with Gasteiger partial charge in [0, 0.05) is 12.6 Å². The van der Waals surface area contributed by atoms with Gasteiger partial charge in [0.15, 0.2) is 0 Å². The standard InChI is InChI=1S/C10H18N4O/c1-7(2)8(3-4-15)13-10-6-12-5-9(11)14-10/h5-8,15H,3-4H2,1-2H3,(H3,11,13,14). The van der Waals surface area contributed by atoms with Crippen molar-refractivity contribution in [1.82, 2.24) is 9.97 Å². The van der Waals surface area contributed by atoms with E-state index in [0.29, 0.717) is 24.0 Å². The summed E-state index contributed by atoms with van der Waals surface area (Å²) in [6.45, 7) is 4.34. The minimum atomic E-state index is 0.158. The molecule has 0 amide bonds. The van der Waals surface area contributed by atoms with Crippen molar-refractivity contribution in [2.75, 3.05) is 17.7 Å². The van der Waals surface area contributed by atoms with Gasteiger partial charge in [0.2, 0.25) is 0 Å². The fraction of sp³-hybridized carbons (Fsp3) is 0.600. The van der Waals surface area contributed by atoms with E-state index in [1.165, 1.54) is 6.20 Å². The second-order valence-corrected chi connectivity index (χ2v) is 3.84. The number of aliphatic hydroxyl groups is 1. The molecule has 1 aromatic heterocycles. The number of anilines is 2. The van der Waals surface area contributed by atoms with E-state index >= 15 is 0 Å². The Bertz CT molecular complexity index is 303. The Labute approximate surface area is 89.7 Å². The first-order valence-corrected chi connectivity index (χ1v) is 5.08. The van der Waals surface area contributed by atoms with Crippen LogP contribution in [0.2, 0.25) is 0 Å². The Kier molecular flexibility index (Phi) is 4.30. The predicted octanol–water partition coefficient (Wildman–Crippen LogP) is 0.878. The average Bonchev–Trinajstić information content (AvgIpc) is 2.17. The highest BCUT2D eigenvalue weighted by Crippen LogP contribution is 2.12. The van der Waals surface area contributed by atoms with Gasteiger partial charge in [-0.15, -0.1) is 0 Å². The van der Waals surface area contributed by atoms with Crippen LogP contribution in [0.3, 0.4) is 0 Å². The third-order valence-electron chi connectivity index (χ3n) is 2.23. The maximum atomic E-state index is 8.92. The quantitative estimate of drug-likeness (QED) is 0.671. The third-order valence-corrected chi connectivity index (χ3v) is 2.23. The number of nitrogen functional groups attached to an aromatic ring is 1. The fourth-order valence-corrected chi connectivity index (χ4v) is 1.35. The summed E-state index contributed by atoms with van der Waals surface area (Å²) < 4.78 is 0. The highest BCUT2D eigenvalue weighted by Gasteiger charge is 2.12. The summed E-state index contributed by atoms with van der Waals surface area (Å²) in [5, 5.41) is 12.1. The van der Waals surface area contributed by atoms with Gasteiger partial charge in [-0.1, -0.05) is 13.8 Å². The van der Waals surface area contributed by atoms with Crippen LogP contribution in [-0.4, -0.2) is 27.7 Å². The van der Waals surface area contributed by atoms with Crippen LogP contribution >= 0.6 is 0 Å². The lowest BCUT2D eigenvalue weighted by Crippen LogP contribution is -2.27. The Morgan fingerprint density at radius 1 is 1.47 bits per heavy atom. The number of hydrogen-bond acceptors (Lipinski definition) is 5. The van der Waals surface area contributed by atoms with Crippen LogP contribution in [0.15, 0.2) is 12.4 Å². The van der Waals surface area contributed by atoms with Gasteiger partial charge >= 0.3 is 0 Å². The monoisotopic (exact) mass is 210 g/mol. The van der Waals surface area contributed by atoms with E-state index in [4.69, 9.17) is 10.8 Å². The Morgan fingerprint density at radius 2 is 2.20 bits per heavy atom. The number of hydrogen-bond donors (Lipinski definition) is 3. The summed E-state index contributed by atoms with van der Waals surface area (Å²) >= 11 is 0. The summed E-state index contributed by atoms with van der Waals surface area (Å²) in [5.41, 5.74) is 5.52. The van der Waals surface area contributed by atoms with Gasteiger partial charge in [-0.2, -0.15) is 0 Å². The number of aliphatic hydroxyl groups excluding tert-OH is 1. The molecule has 1 unspecified atom stereocenters. The van der Waals surface area contributed by atoms with Gasteiger partial charge in [0.1, 0.15) is 11.6 Å². The molecule has 1 heterocycles. The molecule has 84 valence electrons. The lowest BCUT2D eigenvalue weighted by atomic mass is 10.0. The fourth-order valence-electron chi connectivity index (χ4n) is 1.35. The van der Waals surface area contributed by atoms with Crippen molar-refractivity contribution in [1.29, 1.82) is 0 Å². The molecule has 4 N–H and O–H groups in total. The second-order valence-electron chi connectivity index (χ2n) is 3.84. The first-order valence-electron chi connectivity index (χ1n) is 5.08. The molecule has 1 aromatic rings. The number of aromatic nitrogens is 2. The van der Waals surface area contributed by atoms with E-state index in [-0.39, 0.29) is 12.6 Å². The normalized spacial score (nSPS) is 12.8. The summed E-state index contributed by atoms with van der Waals surface area (Å²) in [6, 6.07) is 0.186. The van der Waals surface area contributed by atoms with Crippen molar-refractivity contribution in [2.45, 2.75) is 26.3 Å². The summed E-state index contributed by atoms with van der Waals surface area (Å²) in [7, 11) is 0. The maximum absolute atomic E-state index is 8.92. The molecule has 0 fully saturated rings. The SMILES string of the molecule is CC(C)C(CCO)Nc1cncc(N)n1. The van der Waals surface area contributed by atoms with Crippen LogP contribution in [0.25, 0.3) is 0 Å². The molecule has 0 saturated carbocycles. The Hall–Kier alpha value is -1.36. The summed E-state index contributed by atoms with van der Waals surface area (Å²) in [4.78, 5) is 8.04. The topological polar surface area (TPSA) is 84.1 Å². The summed E-state index contributed by atoms with van der Waals surface area (Å²) in [6.07, 6.45) is 3.82. The van der Waals surface area contributed by atoms with Gasteiger partial charge in [-0.25, -0.2) is 4.98 Å². The van der Waals surface area contributed by atoms with Crippen LogP contribution in [0.1, 0.15) is 20.3 Å². The lowest BCUT2D eigenvalue weighted by Gasteiger charge is -2.21. The second kappa shape index (κ2) is 5.50. The smallest absolute Gasteiger partial charge is 0.147 e. The summed E-state index contributed by atoms with van der Waals surface area (Å²) in [5.74, 6) is 1.47. The molecule has 15 heavy (non-hydrogen) atoms. The molecular weight excluding hydrogens is 192 g/mol. The van der Waals surface area contributed by atoms with Gasteiger partial charge in [-0.3, -0.25) is 4.98 Å². The van der Waals surface area contributed by atoms with Crippen molar-refractivity contribution in [3.8, 4) is 0 Å². The van der Waals surface area contributed by atoms with Crippen LogP contribution in [0, 0.1) is 5.92 Å². The molecule has 0 saturated heterocycles. The van der Waals surface area contributed by atoms with Gasteiger partial charge in [-0.05, 0) is 12.3 Å². The van der Waals surface area contributed by atoms with E-state index in [1.807, 2.05) is 0 Å². The molecule has 0 aromatic carbocycles. The molecule has 0 aliphatic carbocycles. The molecule has 0 bridgehead atoms. The third kappa shape index (κ3) is 3.71. The maximum Gasteiger partial charge on any atom is 0.147 e. The Morgan fingerprint density at radius 3 is 2.73 bits per heavy atom. The minimum absolute atomic E-state index is 0.158. The van der Waals surface area contributed by atoms with Crippen LogP contribution in [0.5, 0.6) is 0 Å². The van der Waals surface area contributed by atoms with Gasteiger partial charge in [0.25, 0.3) is 0 Å². The molecule has 0 aliphatic rings. The van der Waals surface area contributed by atoms with E-state index in [1.54, 1.807) is 6.20 Å². The van der Waals surface area contributed by atoms with Crippen molar-refractivity contribution in [2.24, 2.45) is 5.92 Å². The van der Waals surface area contributed by atoms with E-state index in [0.717, 1.165) is 0 Å². The first kappa shape index (κ1) is 11.7. The Balaban J connectivity index is 2.65. The van der Waals surface area contributed by atoms with E-state index < -0.39 is 0 Å². The predicted molar refractivity (Wildman–Crippen MR) is 60.4 cm³/mol. The van der Waals surface area contributed by atoms with Gasteiger partial charge in [0.05, 0.1) is 12.4 Å². The highest BCUT2D eigenvalue weighted by atomic mass is 16.3. The van der Waals surface area contributed by atoms with E-state index in [9.17, 15) is 0 Å². The highest BCUT2D eigenvalue weighted by molar-refractivity contribution is 5.39. The number of nitrogens with zero attached hydrogens (tertiary/aromatic N) is 2. The van der Waals surface area contributed by atoms with Crippen molar-refractivity contribution in [3.05, 3.63) is 12.4 Å². The van der Waals surface area contributed by atoms with Gasteiger partial charge < -0.3 is 16.2 Å². The zero-order chi connectivity index (χ0) is 11.3. The lowest BCUT2D eigenvalue weighted by molar-refractivity contribution is 0.267. The van der Waals surface area contributed by atoms with Crippen LogP contribution < -0.4 is 11.1 Å². The average molecular weight is 210 g/mol. The molecule has 1 atom stereocenters. The molecular formula is C10H18N4O. The zero-order valence-corrected chi connectivity index (χ0v) is 9.14. The zero-order valence-electron chi connectivity index (χ0n) is 9.14. The van der Waals surface area contributed by atoms with Crippen LogP contribution in [0.4, 0.5) is 11.6 Å². The number of nitrogens with one attached hydrogen (secondary N) is 1. The van der Waals surface area contributed by atoms with E-state index in [2.05, 4.69) is 29.1 Å². The van der Waals surface area contributed by atoms with Crippen molar-refractivity contribution >= 4 is 11.6 Å². The molecule has 0 radical (unpaired) electrons. The molecule has 5 heteroatoms. The molecule has 0 spiro atoms. The first-order chi connectivity index (χ1) is 7.13. The number of rotatable bonds is 5. The molecule has 5 nitrogen and oxygen atoms in total. The van der Waals surface area contributed by atoms with Crippen molar-refractivity contribution < 1.29 is 5.11 Å². The van der Waals surface area contributed by atoms with Crippen LogP contribution in [-0.2, 0) is 0 Å². The van der Waals surface area contributed by atoms with Crippen molar-refractivity contribution in [3.63, 3.8) is 0 Å².